The van der Waals surface area contributed by atoms with Gasteiger partial charge in [-0.1, -0.05) is 32.0 Å². The number of rotatable bonds is 4. The summed E-state index contributed by atoms with van der Waals surface area (Å²) in [6.07, 6.45) is 2.39. The van der Waals surface area contributed by atoms with Gasteiger partial charge in [-0.25, -0.2) is 0 Å². The van der Waals surface area contributed by atoms with Crippen LogP contribution in [0.4, 0.5) is 5.69 Å². The minimum Gasteiger partial charge on any atom is -0.375 e. The van der Waals surface area contributed by atoms with E-state index >= 15 is 0 Å². The molecule has 100 valence electrons. The molecule has 0 bridgehead atoms. The largest absolute Gasteiger partial charge is 0.375 e. The van der Waals surface area contributed by atoms with Crippen molar-refractivity contribution in [3.8, 4) is 0 Å². The van der Waals surface area contributed by atoms with Gasteiger partial charge in [-0.15, -0.1) is 0 Å². The number of hydrogen-bond donors (Lipinski definition) is 1. The van der Waals surface area contributed by atoms with E-state index < -0.39 is 0 Å². The predicted molar refractivity (Wildman–Crippen MR) is 75.9 cm³/mol. The Kier molecular flexibility index (Phi) is 4.61. The lowest BCUT2D eigenvalue weighted by molar-refractivity contribution is 0.0383. The van der Waals surface area contributed by atoms with E-state index in [2.05, 4.69) is 43.0 Å². The third kappa shape index (κ3) is 2.85. The zero-order valence-electron chi connectivity index (χ0n) is 11.4. The normalized spacial score (nSPS) is 21.9. The van der Waals surface area contributed by atoms with Gasteiger partial charge in [-0.05, 0) is 24.5 Å². The maximum absolute atomic E-state index is 6.21. The van der Waals surface area contributed by atoms with Crippen LogP contribution in [0, 0.1) is 0 Å². The number of para-hydroxylation sites is 1. The van der Waals surface area contributed by atoms with Crippen LogP contribution in [0.5, 0.6) is 0 Å². The molecule has 2 atom stereocenters. The third-order valence-electron chi connectivity index (χ3n) is 3.71. The van der Waals surface area contributed by atoms with Gasteiger partial charge < -0.3 is 15.4 Å². The Hall–Kier alpha value is -1.06. The number of nitrogens with two attached hydrogens (primary N) is 1. The zero-order valence-corrected chi connectivity index (χ0v) is 11.4. The Balaban J connectivity index is 2.21. The first-order valence-electron chi connectivity index (χ1n) is 6.97. The van der Waals surface area contributed by atoms with Crippen LogP contribution < -0.4 is 10.6 Å². The van der Waals surface area contributed by atoms with Gasteiger partial charge in [0.25, 0.3) is 0 Å². The lowest BCUT2D eigenvalue weighted by Crippen LogP contribution is -2.42. The number of ether oxygens (including phenoxy) is 1. The van der Waals surface area contributed by atoms with Gasteiger partial charge in [0.05, 0.1) is 12.7 Å². The Labute approximate surface area is 110 Å². The SMILES string of the molecule is CCC1CN(c2ccccc2C(N)CC)CCO1. The summed E-state index contributed by atoms with van der Waals surface area (Å²) in [4.78, 5) is 2.42. The Morgan fingerprint density at radius 2 is 2.17 bits per heavy atom. The first kappa shape index (κ1) is 13.4. The molecule has 1 aliphatic rings. The molecule has 3 nitrogen and oxygen atoms in total. The minimum atomic E-state index is 0.129. The first-order chi connectivity index (χ1) is 8.76. The fraction of sp³-hybridized carbons (Fsp3) is 0.600. The van der Waals surface area contributed by atoms with Crippen molar-refractivity contribution < 1.29 is 4.74 Å². The quantitative estimate of drug-likeness (QED) is 0.890. The van der Waals surface area contributed by atoms with Crippen LogP contribution in [0.15, 0.2) is 24.3 Å². The molecule has 1 saturated heterocycles. The predicted octanol–water partition coefficient (Wildman–Crippen LogP) is 2.71. The van der Waals surface area contributed by atoms with Crippen molar-refractivity contribution in [2.24, 2.45) is 5.73 Å². The molecular weight excluding hydrogens is 224 g/mol. The van der Waals surface area contributed by atoms with Gasteiger partial charge >= 0.3 is 0 Å². The highest BCUT2D eigenvalue weighted by molar-refractivity contribution is 5.55. The lowest BCUT2D eigenvalue weighted by atomic mass is 10.0. The molecule has 1 fully saturated rings. The van der Waals surface area contributed by atoms with Crippen LogP contribution in [0.2, 0.25) is 0 Å². The topological polar surface area (TPSA) is 38.5 Å². The van der Waals surface area contributed by atoms with E-state index in [1.165, 1.54) is 11.3 Å². The second-order valence-electron chi connectivity index (χ2n) is 4.92. The lowest BCUT2D eigenvalue weighted by Gasteiger charge is -2.36. The Morgan fingerprint density at radius 1 is 1.39 bits per heavy atom. The van der Waals surface area contributed by atoms with E-state index in [-0.39, 0.29) is 6.04 Å². The summed E-state index contributed by atoms with van der Waals surface area (Å²) in [5.41, 5.74) is 8.76. The average molecular weight is 248 g/mol. The second kappa shape index (κ2) is 6.21. The number of benzene rings is 1. The molecule has 0 spiro atoms. The van der Waals surface area contributed by atoms with Crippen molar-refractivity contribution in [3.05, 3.63) is 29.8 Å². The summed E-state index contributed by atoms with van der Waals surface area (Å²) in [6, 6.07) is 8.64. The van der Waals surface area contributed by atoms with Crippen molar-refractivity contribution in [1.29, 1.82) is 0 Å². The fourth-order valence-electron chi connectivity index (χ4n) is 2.49. The van der Waals surface area contributed by atoms with Gasteiger partial charge in [0, 0.05) is 24.8 Å². The number of hydrogen-bond acceptors (Lipinski definition) is 3. The van der Waals surface area contributed by atoms with Crippen LogP contribution >= 0.6 is 0 Å². The standard InChI is InChI=1S/C15H24N2O/c1-3-12-11-17(9-10-18-12)15-8-6-5-7-13(15)14(16)4-2/h5-8,12,14H,3-4,9-11,16H2,1-2H3. The van der Waals surface area contributed by atoms with Crippen LogP contribution in [0.25, 0.3) is 0 Å². The highest BCUT2D eigenvalue weighted by Gasteiger charge is 2.21. The van der Waals surface area contributed by atoms with Crippen LogP contribution in [-0.4, -0.2) is 25.8 Å². The molecule has 0 radical (unpaired) electrons. The van der Waals surface area contributed by atoms with Crippen molar-refractivity contribution in [3.63, 3.8) is 0 Å². The number of nitrogens with zero attached hydrogens (tertiary/aromatic N) is 1. The number of anilines is 1. The molecule has 18 heavy (non-hydrogen) atoms. The van der Waals surface area contributed by atoms with Crippen molar-refractivity contribution in [1.82, 2.24) is 0 Å². The van der Waals surface area contributed by atoms with Gasteiger partial charge in [-0.3, -0.25) is 0 Å². The summed E-state index contributed by atoms with van der Waals surface area (Å²) in [6.45, 7) is 7.07. The summed E-state index contributed by atoms with van der Waals surface area (Å²) >= 11 is 0. The van der Waals surface area contributed by atoms with E-state index in [1.54, 1.807) is 0 Å². The molecule has 2 N–H and O–H groups in total. The van der Waals surface area contributed by atoms with Crippen LogP contribution in [0.1, 0.15) is 38.3 Å². The fourth-order valence-corrected chi connectivity index (χ4v) is 2.49. The summed E-state index contributed by atoms with van der Waals surface area (Å²) in [5.74, 6) is 0. The van der Waals surface area contributed by atoms with Crippen molar-refractivity contribution in [2.75, 3.05) is 24.6 Å². The van der Waals surface area contributed by atoms with Crippen molar-refractivity contribution in [2.45, 2.75) is 38.8 Å². The minimum absolute atomic E-state index is 0.129. The van der Waals surface area contributed by atoms with Gasteiger partial charge in [0.2, 0.25) is 0 Å². The third-order valence-corrected chi connectivity index (χ3v) is 3.71. The zero-order chi connectivity index (χ0) is 13.0. The van der Waals surface area contributed by atoms with Gasteiger partial charge in [-0.2, -0.15) is 0 Å². The molecule has 1 aliphatic heterocycles. The highest BCUT2D eigenvalue weighted by atomic mass is 16.5. The molecule has 0 saturated carbocycles. The summed E-state index contributed by atoms with van der Waals surface area (Å²) in [5, 5.41) is 0. The summed E-state index contributed by atoms with van der Waals surface area (Å²) < 4.78 is 5.73. The smallest absolute Gasteiger partial charge is 0.0748 e. The maximum atomic E-state index is 6.21. The van der Waals surface area contributed by atoms with E-state index in [1.807, 2.05) is 0 Å². The monoisotopic (exact) mass is 248 g/mol. The maximum Gasteiger partial charge on any atom is 0.0748 e. The molecule has 2 rings (SSSR count). The van der Waals surface area contributed by atoms with E-state index in [4.69, 9.17) is 10.5 Å². The van der Waals surface area contributed by atoms with Crippen molar-refractivity contribution >= 4 is 5.69 Å². The first-order valence-corrected chi connectivity index (χ1v) is 6.97. The van der Waals surface area contributed by atoms with E-state index in [0.717, 1.165) is 32.5 Å². The highest BCUT2D eigenvalue weighted by Crippen LogP contribution is 2.28. The average Bonchev–Trinajstić information content (AvgIpc) is 2.46. The summed E-state index contributed by atoms with van der Waals surface area (Å²) in [7, 11) is 0. The molecule has 1 aromatic carbocycles. The molecular formula is C15H24N2O. The van der Waals surface area contributed by atoms with Crippen LogP contribution in [-0.2, 0) is 4.74 Å². The molecule has 2 unspecified atom stereocenters. The van der Waals surface area contributed by atoms with E-state index in [0.29, 0.717) is 6.10 Å². The van der Waals surface area contributed by atoms with E-state index in [9.17, 15) is 0 Å². The van der Waals surface area contributed by atoms with Gasteiger partial charge in [0.15, 0.2) is 0 Å². The Morgan fingerprint density at radius 3 is 2.89 bits per heavy atom. The van der Waals surface area contributed by atoms with Gasteiger partial charge in [0.1, 0.15) is 0 Å². The second-order valence-corrected chi connectivity index (χ2v) is 4.92. The van der Waals surface area contributed by atoms with Crippen LogP contribution in [0.3, 0.4) is 0 Å². The Bertz CT molecular complexity index is 381. The number of morpholine rings is 1. The molecule has 1 heterocycles. The molecule has 0 amide bonds. The molecule has 3 heteroatoms. The molecule has 0 aliphatic carbocycles. The molecule has 1 aromatic rings. The molecule has 0 aromatic heterocycles.